The van der Waals surface area contributed by atoms with Crippen molar-refractivity contribution < 1.29 is 4.92 Å². The highest BCUT2D eigenvalue weighted by Gasteiger charge is 2.15. The van der Waals surface area contributed by atoms with Crippen LogP contribution in [0.15, 0.2) is 12.1 Å². The van der Waals surface area contributed by atoms with Crippen molar-refractivity contribution in [2.24, 2.45) is 11.8 Å². The van der Waals surface area contributed by atoms with Crippen LogP contribution in [0.3, 0.4) is 0 Å². The summed E-state index contributed by atoms with van der Waals surface area (Å²) in [5, 5.41) is 13.8. The first-order valence-corrected chi connectivity index (χ1v) is 5.90. The average Bonchev–Trinajstić information content (AvgIpc) is 2.33. The van der Waals surface area contributed by atoms with Gasteiger partial charge < -0.3 is 10.7 Å². The Morgan fingerprint density at radius 2 is 2.22 bits per heavy atom. The number of nitrogens with one attached hydrogen (secondary N) is 2. The summed E-state index contributed by atoms with van der Waals surface area (Å²) in [6, 6.07) is 2.85. The lowest BCUT2D eigenvalue weighted by Gasteiger charge is -2.08. The van der Waals surface area contributed by atoms with Crippen LogP contribution >= 0.6 is 0 Å². The number of nitro groups is 1. The second-order valence-corrected chi connectivity index (χ2v) is 4.43. The van der Waals surface area contributed by atoms with E-state index in [0.29, 0.717) is 18.3 Å². The van der Waals surface area contributed by atoms with Crippen molar-refractivity contribution in [1.29, 1.82) is 0 Å². The molecular weight excluding hydrogens is 234 g/mol. The molecule has 1 aromatic heterocycles. The second-order valence-electron chi connectivity index (χ2n) is 4.43. The lowest BCUT2D eigenvalue weighted by atomic mass is 10.1. The number of nitrogens with zero attached hydrogens (tertiary/aromatic N) is 2. The van der Waals surface area contributed by atoms with E-state index < -0.39 is 4.92 Å². The first kappa shape index (κ1) is 14.2. The quantitative estimate of drug-likeness (QED) is 0.297. The molecule has 100 valence electrons. The molecule has 7 nitrogen and oxygen atoms in total. The Balaban J connectivity index is 2.69. The number of aromatic nitrogens is 1. The minimum absolute atomic E-state index is 0.0430. The molecule has 7 heteroatoms. The molecular formula is C11H19N5O2. The van der Waals surface area contributed by atoms with Gasteiger partial charge >= 0.3 is 5.69 Å². The zero-order chi connectivity index (χ0) is 13.5. The van der Waals surface area contributed by atoms with Gasteiger partial charge in [0.15, 0.2) is 0 Å². The number of nitrogen functional groups attached to an aromatic ring is 1. The Labute approximate surface area is 106 Å². The maximum atomic E-state index is 10.8. The van der Waals surface area contributed by atoms with Gasteiger partial charge in [-0.3, -0.25) is 10.1 Å². The Bertz CT molecular complexity index is 408. The molecule has 0 aliphatic rings. The molecule has 0 atom stereocenters. The fraction of sp³-hybridized carbons (Fsp3) is 0.545. The lowest BCUT2D eigenvalue weighted by molar-refractivity contribution is -0.384. The summed E-state index contributed by atoms with van der Waals surface area (Å²) in [4.78, 5) is 14.4. The smallest absolute Gasteiger partial charge is 0.311 e. The van der Waals surface area contributed by atoms with Gasteiger partial charge in [0.2, 0.25) is 5.82 Å². The van der Waals surface area contributed by atoms with E-state index in [1.165, 1.54) is 12.1 Å². The number of hydrogen-bond donors (Lipinski definition) is 3. The first-order valence-electron chi connectivity index (χ1n) is 5.90. The summed E-state index contributed by atoms with van der Waals surface area (Å²) < 4.78 is 0. The standard InChI is InChI=1S/C11H19N5O2/c1-8(2)4-3-7-13-11-9(16(17)18)5-6-10(14-11)15-12/h5-6,8H,3-4,7,12H2,1-2H3,(H2,13,14,15). The summed E-state index contributed by atoms with van der Waals surface area (Å²) in [6.07, 6.45) is 2.01. The SMILES string of the molecule is CC(C)CCCNc1nc(NN)ccc1[N+](=O)[O-]. The maximum absolute atomic E-state index is 10.8. The molecule has 1 aromatic rings. The van der Waals surface area contributed by atoms with Gasteiger partial charge in [-0.05, 0) is 24.8 Å². The van der Waals surface area contributed by atoms with E-state index in [9.17, 15) is 10.1 Å². The van der Waals surface area contributed by atoms with Gasteiger partial charge in [0.25, 0.3) is 0 Å². The van der Waals surface area contributed by atoms with Crippen LogP contribution < -0.4 is 16.6 Å². The van der Waals surface area contributed by atoms with Crippen LogP contribution in [0.4, 0.5) is 17.3 Å². The number of hydrogen-bond acceptors (Lipinski definition) is 6. The molecule has 0 aliphatic carbocycles. The van der Waals surface area contributed by atoms with Crippen molar-refractivity contribution in [2.75, 3.05) is 17.3 Å². The van der Waals surface area contributed by atoms with Crippen LogP contribution in [0, 0.1) is 16.0 Å². The third-order valence-electron chi connectivity index (χ3n) is 2.47. The molecule has 0 amide bonds. The topological polar surface area (TPSA) is 106 Å². The molecule has 0 fully saturated rings. The molecule has 0 aliphatic heterocycles. The van der Waals surface area contributed by atoms with Gasteiger partial charge in [0.05, 0.1) is 4.92 Å². The van der Waals surface area contributed by atoms with E-state index in [0.717, 1.165) is 12.8 Å². The van der Waals surface area contributed by atoms with Crippen LogP contribution in [0.2, 0.25) is 0 Å². The third-order valence-corrected chi connectivity index (χ3v) is 2.47. The summed E-state index contributed by atoms with van der Waals surface area (Å²) in [7, 11) is 0. The fourth-order valence-electron chi connectivity index (χ4n) is 1.53. The largest absolute Gasteiger partial charge is 0.364 e. The Kier molecular flexibility index (Phi) is 5.31. The molecule has 0 unspecified atom stereocenters. The van der Waals surface area contributed by atoms with Crippen LogP contribution in [-0.2, 0) is 0 Å². The molecule has 0 radical (unpaired) electrons. The number of hydrazine groups is 1. The summed E-state index contributed by atoms with van der Waals surface area (Å²) in [5.41, 5.74) is 2.33. The molecule has 1 heterocycles. The highest BCUT2D eigenvalue weighted by molar-refractivity contribution is 5.59. The Morgan fingerprint density at radius 3 is 2.78 bits per heavy atom. The van der Waals surface area contributed by atoms with Crippen molar-refractivity contribution in [1.82, 2.24) is 4.98 Å². The third kappa shape index (κ3) is 4.17. The molecule has 0 bridgehead atoms. The molecule has 0 saturated heterocycles. The zero-order valence-electron chi connectivity index (χ0n) is 10.6. The Hall–Kier alpha value is -1.89. The van der Waals surface area contributed by atoms with E-state index in [4.69, 9.17) is 5.84 Å². The minimum atomic E-state index is -0.460. The van der Waals surface area contributed by atoms with E-state index in [2.05, 4.69) is 29.6 Å². The highest BCUT2D eigenvalue weighted by atomic mass is 16.6. The van der Waals surface area contributed by atoms with Crippen molar-refractivity contribution in [3.05, 3.63) is 22.2 Å². The lowest BCUT2D eigenvalue weighted by Crippen LogP contribution is -2.12. The second kappa shape index (κ2) is 6.75. The van der Waals surface area contributed by atoms with E-state index in [1.807, 2.05) is 0 Å². The molecule has 18 heavy (non-hydrogen) atoms. The van der Waals surface area contributed by atoms with Gasteiger partial charge in [-0.25, -0.2) is 10.8 Å². The highest BCUT2D eigenvalue weighted by Crippen LogP contribution is 2.23. The Morgan fingerprint density at radius 1 is 1.50 bits per heavy atom. The maximum Gasteiger partial charge on any atom is 0.311 e. The number of anilines is 2. The van der Waals surface area contributed by atoms with Crippen LogP contribution in [0.25, 0.3) is 0 Å². The van der Waals surface area contributed by atoms with Gasteiger partial charge in [-0.2, -0.15) is 0 Å². The minimum Gasteiger partial charge on any atom is -0.364 e. The van der Waals surface area contributed by atoms with Crippen molar-refractivity contribution >= 4 is 17.3 Å². The van der Waals surface area contributed by atoms with E-state index >= 15 is 0 Å². The van der Waals surface area contributed by atoms with Crippen molar-refractivity contribution in [3.8, 4) is 0 Å². The van der Waals surface area contributed by atoms with Crippen LogP contribution in [-0.4, -0.2) is 16.5 Å². The van der Waals surface area contributed by atoms with Gasteiger partial charge in [0.1, 0.15) is 5.82 Å². The zero-order valence-corrected chi connectivity index (χ0v) is 10.6. The first-order chi connectivity index (χ1) is 8.54. The number of nitrogens with two attached hydrogens (primary N) is 1. The monoisotopic (exact) mass is 253 g/mol. The predicted molar refractivity (Wildman–Crippen MR) is 71.3 cm³/mol. The molecule has 4 N–H and O–H groups in total. The number of rotatable bonds is 7. The predicted octanol–water partition coefficient (Wildman–Crippen LogP) is 2.12. The van der Waals surface area contributed by atoms with Gasteiger partial charge in [-0.15, -0.1) is 0 Å². The van der Waals surface area contributed by atoms with Crippen LogP contribution in [0.5, 0.6) is 0 Å². The summed E-state index contributed by atoms with van der Waals surface area (Å²) in [5.74, 6) is 6.49. The van der Waals surface area contributed by atoms with E-state index in [1.54, 1.807) is 0 Å². The van der Waals surface area contributed by atoms with E-state index in [-0.39, 0.29) is 11.5 Å². The molecule has 1 rings (SSSR count). The summed E-state index contributed by atoms with van der Waals surface area (Å²) in [6.45, 7) is 4.93. The van der Waals surface area contributed by atoms with Gasteiger partial charge in [0, 0.05) is 12.6 Å². The van der Waals surface area contributed by atoms with Gasteiger partial charge in [-0.1, -0.05) is 13.8 Å². The van der Waals surface area contributed by atoms with Crippen LogP contribution in [0.1, 0.15) is 26.7 Å². The number of pyridine rings is 1. The van der Waals surface area contributed by atoms with Crippen molar-refractivity contribution in [3.63, 3.8) is 0 Å². The summed E-state index contributed by atoms with van der Waals surface area (Å²) >= 11 is 0. The fourth-order valence-corrected chi connectivity index (χ4v) is 1.53. The molecule has 0 aromatic carbocycles. The van der Waals surface area contributed by atoms with Crippen molar-refractivity contribution in [2.45, 2.75) is 26.7 Å². The molecule has 0 spiro atoms. The molecule has 0 saturated carbocycles. The average molecular weight is 253 g/mol. The normalized spacial score (nSPS) is 10.4.